The van der Waals surface area contributed by atoms with E-state index < -0.39 is 17.9 Å². The second-order valence-electron chi connectivity index (χ2n) is 3.59. The van der Waals surface area contributed by atoms with Crippen molar-refractivity contribution in [1.82, 2.24) is 0 Å². The zero-order chi connectivity index (χ0) is 13.4. The summed E-state index contributed by atoms with van der Waals surface area (Å²) >= 11 is 1.53. The normalized spacial score (nSPS) is 11.8. The summed E-state index contributed by atoms with van der Waals surface area (Å²) in [5.41, 5.74) is 0. The minimum atomic E-state index is -1.12. The van der Waals surface area contributed by atoms with Crippen LogP contribution < -0.4 is 0 Å². The van der Waals surface area contributed by atoms with Gasteiger partial charge >= 0.3 is 11.9 Å². The third kappa shape index (κ3) is 4.79. The molecule has 0 heterocycles. The van der Waals surface area contributed by atoms with Crippen LogP contribution in [0.2, 0.25) is 0 Å². The van der Waals surface area contributed by atoms with Crippen molar-refractivity contribution in [3.05, 3.63) is 30.3 Å². The van der Waals surface area contributed by atoms with Gasteiger partial charge in [-0.3, -0.25) is 9.59 Å². The first-order valence-electron chi connectivity index (χ1n) is 5.72. The van der Waals surface area contributed by atoms with Crippen LogP contribution in [0.1, 0.15) is 13.3 Å². The van der Waals surface area contributed by atoms with Gasteiger partial charge in [0.25, 0.3) is 0 Å². The number of carboxylic acid groups (broad SMARTS) is 1. The Labute approximate surface area is 110 Å². The number of carbonyl (C=O) groups excluding carboxylic acids is 1. The van der Waals surface area contributed by atoms with Gasteiger partial charge in [0.05, 0.1) is 6.61 Å². The molecule has 1 aromatic carbocycles. The van der Waals surface area contributed by atoms with E-state index >= 15 is 0 Å². The van der Waals surface area contributed by atoms with Gasteiger partial charge in [0.1, 0.15) is 0 Å². The molecular formula is C13H16O4S. The summed E-state index contributed by atoms with van der Waals surface area (Å²) in [6.45, 7) is 1.87. The molecule has 0 bridgehead atoms. The predicted molar refractivity (Wildman–Crippen MR) is 69.5 cm³/mol. The monoisotopic (exact) mass is 268 g/mol. The molecule has 0 spiro atoms. The molecule has 98 valence electrons. The Balaban J connectivity index is 2.43. The first-order chi connectivity index (χ1) is 8.65. The number of esters is 1. The molecule has 0 saturated heterocycles. The van der Waals surface area contributed by atoms with E-state index in [1.807, 2.05) is 30.3 Å². The minimum Gasteiger partial charge on any atom is -0.481 e. The Morgan fingerprint density at radius 3 is 2.56 bits per heavy atom. The van der Waals surface area contributed by atoms with E-state index in [-0.39, 0.29) is 13.0 Å². The Morgan fingerprint density at radius 1 is 1.33 bits per heavy atom. The number of carbonyl (C=O) groups is 2. The van der Waals surface area contributed by atoms with Crippen molar-refractivity contribution in [2.24, 2.45) is 5.92 Å². The van der Waals surface area contributed by atoms with Crippen LogP contribution in [0, 0.1) is 5.92 Å². The third-order valence-corrected chi connectivity index (χ3v) is 3.33. The second-order valence-corrected chi connectivity index (χ2v) is 4.76. The maximum absolute atomic E-state index is 11.4. The molecule has 0 aromatic heterocycles. The molecule has 1 N–H and O–H groups in total. The molecule has 1 rings (SSSR count). The topological polar surface area (TPSA) is 63.6 Å². The maximum atomic E-state index is 11.4. The van der Waals surface area contributed by atoms with Crippen LogP contribution in [0.4, 0.5) is 0 Å². The van der Waals surface area contributed by atoms with Gasteiger partial charge in [-0.1, -0.05) is 18.2 Å². The van der Waals surface area contributed by atoms with Gasteiger partial charge in [-0.05, 0) is 31.2 Å². The second kappa shape index (κ2) is 7.76. The molecule has 0 aliphatic heterocycles. The summed E-state index contributed by atoms with van der Waals surface area (Å²) < 4.78 is 4.74. The lowest BCUT2D eigenvalue weighted by Gasteiger charge is -2.10. The first-order valence-corrected chi connectivity index (χ1v) is 6.71. The standard InChI is InChI=1S/C13H16O4S/c1-2-17-13(16)11(12(14)15)8-9-18-10-6-4-3-5-7-10/h3-7,11H,2,8-9H2,1H3,(H,14,15). The average Bonchev–Trinajstić information content (AvgIpc) is 2.35. The molecule has 1 aromatic rings. The number of carboxylic acids is 1. The van der Waals surface area contributed by atoms with Crippen molar-refractivity contribution < 1.29 is 19.4 Å². The van der Waals surface area contributed by atoms with E-state index in [1.54, 1.807) is 6.92 Å². The van der Waals surface area contributed by atoms with Gasteiger partial charge in [0, 0.05) is 4.90 Å². The van der Waals surface area contributed by atoms with E-state index in [0.29, 0.717) is 5.75 Å². The number of hydrogen-bond acceptors (Lipinski definition) is 4. The third-order valence-electron chi connectivity index (χ3n) is 2.29. The molecular weight excluding hydrogens is 252 g/mol. The Morgan fingerprint density at radius 2 is 2.00 bits per heavy atom. The summed E-state index contributed by atoms with van der Waals surface area (Å²) in [6, 6.07) is 9.66. The number of ether oxygens (including phenoxy) is 1. The number of thioether (sulfide) groups is 1. The highest BCUT2D eigenvalue weighted by Crippen LogP contribution is 2.20. The molecule has 1 unspecified atom stereocenters. The van der Waals surface area contributed by atoms with Crippen molar-refractivity contribution in [2.75, 3.05) is 12.4 Å². The number of rotatable bonds is 7. The van der Waals surface area contributed by atoms with Crippen LogP contribution in [0.5, 0.6) is 0 Å². The molecule has 0 fully saturated rings. The molecule has 0 radical (unpaired) electrons. The van der Waals surface area contributed by atoms with Gasteiger partial charge in [-0.25, -0.2) is 0 Å². The van der Waals surface area contributed by atoms with Crippen molar-refractivity contribution in [3.63, 3.8) is 0 Å². The smallest absolute Gasteiger partial charge is 0.320 e. The number of benzene rings is 1. The van der Waals surface area contributed by atoms with Crippen LogP contribution in [0.25, 0.3) is 0 Å². The van der Waals surface area contributed by atoms with Crippen molar-refractivity contribution >= 4 is 23.7 Å². The molecule has 0 aliphatic rings. The van der Waals surface area contributed by atoms with Gasteiger partial charge < -0.3 is 9.84 Å². The molecule has 0 amide bonds. The van der Waals surface area contributed by atoms with Crippen LogP contribution in [-0.2, 0) is 14.3 Å². The van der Waals surface area contributed by atoms with Crippen LogP contribution in [0.3, 0.4) is 0 Å². The fourth-order valence-corrected chi connectivity index (χ4v) is 2.34. The van der Waals surface area contributed by atoms with E-state index in [4.69, 9.17) is 9.84 Å². The highest BCUT2D eigenvalue weighted by atomic mass is 32.2. The van der Waals surface area contributed by atoms with Crippen LogP contribution in [-0.4, -0.2) is 29.4 Å². The van der Waals surface area contributed by atoms with E-state index in [9.17, 15) is 9.59 Å². The predicted octanol–water partition coefficient (Wildman–Crippen LogP) is 2.43. The molecule has 0 aliphatic carbocycles. The maximum Gasteiger partial charge on any atom is 0.320 e. The lowest BCUT2D eigenvalue weighted by atomic mass is 10.1. The molecule has 18 heavy (non-hydrogen) atoms. The first kappa shape index (κ1) is 14.6. The fourth-order valence-electron chi connectivity index (χ4n) is 1.40. The molecule has 4 nitrogen and oxygen atoms in total. The van der Waals surface area contributed by atoms with Gasteiger partial charge in [0.15, 0.2) is 5.92 Å². The number of aliphatic carboxylic acids is 1. The van der Waals surface area contributed by atoms with Crippen molar-refractivity contribution in [1.29, 1.82) is 0 Å². The van der Waals surface area contributed by atoms with E-state index in [0.717, 1.165) is 4.90 Å². The van der Waals surface area contributed by atoms with Crippen LogP contribution >= 0.6 is 11.8 Å². The van der Waals surface area contributed by atoms with Gasteiger partial charge in [-0.15, -0.1) is 11.8 Å². The van der Waals surface area contributed by atoms with Gasteiger partial charge in [0.2, 0.25) is 0 Å². The summed E-state index contributed by atoms with van der Waals surface area (Å²) in [7, 11) is 0. The zero-order valence-electron chi connectivity index (χ0n) is 10.2. The quantitative estimate of drug-likeness (QED) is 0.467. The Kier molecular flexibility index (Phi) is 6.28. The summed E-state index contributed by atoms with van der Waals surface area (Å²) in [4.78, 5) is 23.4. The summed E-state index contributed by atoms with van der Waals surface area (Å²) in [5.74, 6) is -2.28. The van der Waals surface area contributed by atoms with E-state index in [2.05, 4.69) is 0 Å². The molecule has 1 atom stereocenters. The molecule has 5 heteroatoms. The van der Waals surface area contributed by atoms with Crippen molar-refractivity contribution in [3.8, 4) is 0 Å². The van der Waals surface area contributed by atoms with Gasteiger partial charge in [-0.2, -0.15) is 0 Å². The average molecular weight is 268 g/mol. The van der Waals surface area contributed by atoms with Crippen molar-refractivity contribution in [2.45, 2.75) is 18.2 Å². The Hall–Kier alpha value is -1.49. The summed E-state index contributed by atoms with van der Waals surface area (Å²) in [5, 5.41) is 8.96. The lowest BCUT2D eigenvalue weighted by molar-refractivity contribution is -0.158. The SMILES string of the molecule is CCOC(=O)C(CCSc1ccccc1)C(=O)O. The highest BCUT2D eigenvalue weighted by Gasteiger charge is 2.27. The fraction of sp³-hybridized carbons (Fsp3) is 0.385. The minimum absolute atomic E-state index is 0.203. The van der Waals surface area contributed by atoms with E-state index in [1.165, 1.54) is 11.8 Å². The highest BCUT2D eigenvalue weighted by molar-refractivity contribution is 7.99. The number of hydrogen-bond donors (Lipinski definition) is 1. The largest absolute Gasteiger partial charge is 0.481 e. The van der Waals surface area contributed by atoms with Crippen LogP contribution in [0.15, 0.2) is 35.2 Å². The lowest BCUT2D eigenvalue weighted by Crippen LogP contribution is -2.26. The molecule has 0 saturated carbocycles. The zero-order valence-corrected chi connectivity index (χ0v) is 11.0. The Bertz CT molecular complexity index is 391. The summed E-state index contributed by atoms with van der Waals surface area (Å²) in [6.07, 6.45) is 0.272.